The summed E-state index contributed by atoms with van der Waals surface area (Å²) in [5.74, 6) is 0.882. The third-order valence-electron chi connectivity index (χ3n) is 2.74. The van der Waals surface area contributed by atoms with Gasteiger partial charge >= 0.3 is 0 Å². The number of hydrogen-bond donors (Lipinski definition) is 1. The Bertz CT molecular complexity index is 277. The zero-order valence-electron chi connectivity index (χ0n) is 9.88. The summed E-state index contributed by atoms with van der Waals surface area (Å²) in [4.78, 5) is 3.93. The topological polar surface area (TPSA) is 50.9 Å². The number of hydrogen-bond acceptors (Lipinski definition) is 3. The molecule has 1 aromatic heterocycles. The number of unbranched alkanes of at least 4 members (excludes halogenated alkanes) is 1. The van der Waals surface area contributed by atoms with Crippen LogP contribution in [-0.4, -0.2) is 31.9 Å². The lowest BCUT2D eigenvalue weighted by molar-refractivity contribution is 0.0588. The van der Waals surface area contributed by atoms with Crippen LogP contribution >= 0.6 is 11.6 Å². The average Bonchev–Trinajstić information content (AvgIpc) is 2.76. The van der Waals surface area contributed by atoms with Crippen molar-refractivity contribution in [2.24, 2.45) is 5.92 Å². The van der Waals surface area contributed by atoms with Gasteiger partial charge in [-0.05, 0) is 18.8 Å². The van der Waals surface area contributed by atoms with Crippen molar-refractivity contribution in [2.45, 2.75) is 45.3 Å². The zero-order chi connectivity index (χ0) is 12.0. The summed E-state index contributed by atoms with van der Waals surface area (Å²) in [5, 5.41) is 14.2. The van der Waals surface area contributed by atoms with Crippen molar-refractivity contribution in [3.8, 4) is 0 Å². The van der Waals surface area contributed by atoms with Crippen LogP contribution in [0.4, 0.5) is 0 Å². The molecule has 1 aromatic rings. The van der Waals surface area contributed by atoms with E-state index in [4.69, 9.17) is 11.6 Å². The maximum absolute atomic E-state index is 10.1. The van der Waals surface area contributed by atoms with E-state index in [9.17, 15) is 5.11 Å². The van der Waals surface area contributed by atoms with Gasteiger partial charge in [-0.2, -0.15) is 5.10 Å². The van der Waals surface area contributed by atoms with E-state index in [0.29, 0.717) is 5.88 Å². The first-order valence-electron chi connectivity index (χ1n) is 5.75. The Morgan fingerprint density at radius 3 is 2.62 bits per heavy atom. The molecular weight excluding hydrogens is 226 g/mol. The van der Waals surface area contributed by atoms with Crippen molar-refractivity contribution < 1.29 is 5.11 Å². The van der Waals surface area contributed by atoms with Crippen molar-refractivity contribution >= 4 is 11.6 Å². The van der Waals surface area contributed by atoms with Crippen molar-refractivity contribution in [2.75, 3.05) is 5.88 Å². The number of halogens is 1. The van der Waals surface area contributed by atoms with Crippen LogP contribution in [0.15, 0.2) is 12.7 Å². The van der Waals surface area contributed by atoms with Crippen molar-refractivity contribution in [3.63, 3.8) is 0 Å². The first kappa shape index (κ1) is 13.5. The average molecular weight is 246 g/mol. The Morgan fingerprint density at radius 1 is 1.38 bits per heavy atom. The maximum atomic E-state index is 10.1. The molecule has 0 spiro atoms. The third-order valence-corrected chi connectivity index (χ3v) is 3.00. The van der Waals surface area contributed by atoms with Crippen LogP contribution in [0.1, 0.15) is 39.2 Å². The van der Waals surface area contributed by atoms with Crippen LogP contribution in [0, 0.1) is 5.92 Å². The minimum Gasteiger partial charge on any atom is -0.391 e. The predicted molar refractivity (Wildman–Crippen MR) is 64.5 cm³/mol. The van der Waals surface area contributed by atoms with Gasteiger partial charge in [-0.3, -0.25) is 0 Å². The van der Waals surface area contributed by atoms with Gasteiger partial charge in [0.2, 0.25) is 0 Å². The van der Waals surface area contributed by atoms with E-state index in [1.54, 1.807) is 11.0 Å². The van der Waals surface area contributed by atoms with E-state index >= 15 is 0 Å². The molecule has 0 amide bonds. The molecule has 0 fully saturated rings. The van der Waals surface area contributed by atoms with Crippen LogP contribution in [0.3, 0.4) is 0 Å². The third kappa shape index (κ3) is 3.76. The van der Waals surface area contributed by atoms with Crippen molar-refractivity contribution in [1.29, 1.82) is 0 Å². The molecular formula is C11H20ClN3O. The number of aliphatic hydroxyl groups is 1. The largest absolute Gasteiger partial charge is 0.391 e. The molecule has 1 heterocycles. The molecule has 0 radical (unpaired) electrons. The molecule has 0 saturated heterocycles. The Kier molecular flexibility index (Phi) is 5.77. The molecule has 1 rings (SSSR count). The summed E-state index contributed by atoms with van der Waals surface area (Å²) in [6.07, 6.45) is 5.63. The highest BCUT2D eigenvalue weighted by molar-refractivity contribution is 6.17. The van der Waals surface area contributed by atoms with E-state index in [1.165, 1.54) is 6.33 Å². The molecule has 5 heteroatoms. The Morgan fingerprint density at radius 2 is 2.12 bits per heavy atom. The maximum Gasteiger partial charge on any atom is 0.137 e. The highest BCUT2D eigenvalue weighted by Gasteiger charge is 2.23. The molecule has 4 nitrogen and oxygen atoms in total. The first-order valence-corrected chi connectivity index (χ1v) is 6.28. The standard InChI is InChI=1S/C11H20ClN3O/c1-9(2)11(16)10(5-3-4-6-12)15-8-13-7-14-15/h7-11,16H,3-6H2,1-2H3. The Balaban J connectivity index is 2.62. The highest BCUT2D eigenvalue weighted by Crippen LogP contribution is 2.23. The number of rotatable bonds is 7. The molecule has 0 aliphatic heterocycles. The number of alkyl halides is 1. The lowest BCUT2D eigenvalue weighted by Gasteiger charge is -2.25. The fourth-order valence-electron chi connectivity index (χ4n) is 1.74. The van der Waals surface area contributed by atoms with E-state index in [0.717, 1.165) is 19.3 Å². The Labute approximate surface area is 102 Å². The smallest absolute Gasteiger partial charge is 0.137 e. The van der Waals surface area contributed by atoms with Gasteiger partial charge in [-0.1, -0.05) is 20.3 Å². The van der Waals surface area contributed by atoms with Gasteiger partial charge < -0.3 is 5.11 Å². The second-order valence-corrected chi connectivity index (χ2v) is 4.74. The lowest BCUT2D eigenvalue weighted by Crippen LogP contribution is -2.29. The van der Waals surface area contributed by atoms with E-state index in [-0.39, 0.29) is 12.0 Å². The number of aliphatic hydroxyl groups excluding tert-OH is 1. The summed E-state index contributed by atoms with van der Waals surface area (Å²) < 4.78 is 1.75. The molecule has 0 aliphatic carbocycles. The molecule has 16 heavy (non-hydrogen) atoms. The van der Waals surface area contributed by atoms with Crippen LogP contribution in [0.2, 0.25) is 0 Å². The molecule has 0 saturated carbocycles. The van der Waals surface area contributed by atoms with Gasteiger partial charge in [0.25, 0.3) is 0 Å². The summed E-state index contributed by atoms with van der Waals surface area (Å²) in [5.41, 5.74) is 0. The Hall–Kier alpha value is -0.610. The van der Waals surface area contributed by atoms with Crippen LogP contribution < -0.4 is 0 Å². The molecule has 0 aliphatic rings. The van der Waals surface area contributed by atoms with Gasteiger partial charge in [0.1, 0.15) is 12.7 Å². The van der Waals surface area contributed by atoms with Gasteiger partial charge in [-0.25, -0.2) is 9.67 Å². The van der Waals surface area contributed by atoms with Gasteiger partial charge in [0, 0.05) is 5.88 Å². The van der Waals surface area contributed by atoms with Crippen LogP contribution in [-0.2, 0) is 0 Å². The van der Waals surface area contributed by atoms with Crippen molar-refractivity contribution in [3.05, 3.63) is 12.7 Å². The minimum atomic E-state index is -0.392. The molecule has 0 aromatic carbocycles. The van der Waals surface area contributed by atoms with Gasteiger partial charge in [0.05, 0.1) is 12.1 Å². The lowest BCUT2D eigenvalue weighted by atomic mass is 9.96. The number of aromatic nitrogens is 3. The number of nitrogens with zero attached hydrogens (tertiary/aromatic N) is 3. The fraction of sp³-hybridized carbons (Fsp3) is 0.818. The van der Waals surface area contributed by atoms with E-state index in [2.05, 4.69) is 10.1 Å². The minimum absolute atomic E-state index is 0.00529. The molecule has 0 bridgehead atoms. The summed E-state index contributed by atoms with van der Waals surface area (Å²) >= 11 is 5.65. The summed E-state index contributed by atoms with van der Waals surface area (Å²) in [7, 11) is 0. The molecule has 92 valence electrons. The van der Waals surface area contributed by atoms with E-state index < -0.39 is 6.10 Å². The van der Waals surface area contributed by atoms with Gasteiger partial charge in [0.15, 0.2) is 0 Å². The predicted octanol–water partition coefficient (Wildman–Crippen LogP) is 2.25. The monoisotopic (exact) mass is 245 g/mol. The fourth-order valence-corrected chi connectivity index (χ4v) is 1.93. The summed E-state index contributed by atoms with van der Waals surface area (Å²) in [6.45, 7) is 4.02. The second-order valence-electron chi connectivity index (χ2n) is 4.36. The van der Waals surface area contributed by atoms with Crippen LogP contribution in [0.25, 0.3) is 0 Å². The normalized spacial score (nSPS) is 15.3. The molecule has 2 unspecified atom stereocenters. The quantitative estimate of drug-likeness (QED) is 0.592. The molecule has 1 N–H and O–H groups in total. The van der Waals surface area contributed by atoms with E-state index in [1.807, 2.05) is 13.8 Å². The van der Waals surface area contributed by atoms with Gasteiger partial charge in [-0.15, -0.1) is 11.6 Å². The molecule has 2 atom stereocenters. The highest BCUT2D eigenvalue weighted by atomic mass is 35.5. The van der Waals surface area contributed by atoms with Crippen LogP contribution in [0.5, 0.6) is 0 Å². The first-order chi connectivity index (χ1) is 7.66. The van der Waals surface area contributed by atoms with Crippen molar-refractivity contribution in [1.82, 2.24) is 14.8 Å². The SMILES string of the molecule is CC(C)C(O)C(CCCCCl)n1cncn1. The zero-order valence-corrected chi connectivity index (χ0v) is 10.6. The summed E-state index contributed by atoms with van der Waals surface area (Å²) in [6, 6.07) is 0.00529. The second kappa shape index (κ2) is 6.86.